The Morgan fingerprint density at radius 3 is 2.58 bits per heavy atom. The van der Waals surface area contributed by atoms with E-state index in [-0.39, 0.29) is 17.3 Å². The van der Waals surface area contributed by atoms with Crippen LogP contribution in [-0.4, -0.2) is 11.6 Å². The number of hydrogen-bond acceptors (Lipinski definition) is 2. The zero-order valence-corrected chi connectivity index (χ0v) is 16.7. The molecule has 4 rings (SSSR count). The normalized spacial score (nSPS) is 46.8. The van der Waals surface area contributed by atoms with E-state index in [9.17, 15) is 4.79 Å². The van der Waals surface area contributed by atoms with Gasteiger partial charge in [-0.2, -0.15) is 0 Å². The van der Waals surface area contributed by atoms with E-state index in [2.05, 4.69) is 25.0 Å². The van der Waals surface area contributed by atoms with E-state index in [4.69, 9.17) is 11.2 Å². The maximum absolute atomic E-state index is 12.4. The summed E-state index contributed by atoms with van der Waals surface area (Å²) in [5.74, 6) is 6.77. The van der Waals surface area contributed by atoms with Crippen molar-refractivity contribution in [2.45, 2.75) is 77.7 Å². The summed E-state index contributed by atoms with van der Waals surface area (Å²) in [7, 11) is 0. The number of allylic oxidation sites excluding steroid dienone is 2. The Morgan fingerprint density at radius 2 is 1.85 bits per heavy atom. The second-order valence-electron chi connectivity index (χ2n) is 9.92. The SMILES string of the molecule is C#C[C@]1(OC(=O)C(C)C)CC[C@H]2[C@@H]3CCC4CC=CC[C@@H]4[C@H]3CC[C@@]21C. The van der Waals surface area contributed by atoms with Gasteiger partial charge in [0.25, 0.3) is 0 Å². The minimum absolute atomic E-state index is 0.0508. The fourth-order valence-electron chi connectivity index (χ4n) is 7.14. The maximum atomic E-state index is 12.4. The second kappa shape index (κ2) is 6.43. The van der Waals surface area contributed by atoms with Crippen LogP contribution in [0.4, 0.5) is 0 Å². The van der Waals surface area contributed by atoms with Crippen LogP contribution in [-0.2, 0) is 9.53 Å². The van der Waals surface area contributed by atoms with Crippen molar-refractivity contribution in [3.8, 4) is 12.3 Å². The molecule has 142 valence electrons. The molecule has 0 saturated heterocycles. The monoisotopic (exact) mass is 354 g/mol. The van der Waals surface area contributed by atoms with Gasteiger partial charge in [0.1, 0.15) is 0 Å². The van der Waals surface area contributed by atoms with Crippen molar-refractivity contribution in [2.24, 2.45) is 40.9 Å². The molecule has 0 N–H and O–H groups in total. The average Bonchev–Trinajstić information content (AvgIpc) is 2.94. The fourth-order valence-corrected chi connectivity index (χ4v) is 7.14. The number of fused-ring (bicyclic) bond motifs is 5. The molecular formula is C24H34O2. The third-order valence-corrected chi connectivity index (χ3v) is 8.63. The Kier molecular flexibility index (Phi) is 4.49. The highest BCUT2D eigenvalue weighted by Gasteiger charge is 2.64. The summed E-state index contributed by atoms with van der Waals surface area (Å²) in [4.78, 5) is 12.4. The van der Waals surface area contributed by atoms with Gasteiger partial charge in [-0.1, -0.05) is 38.8 Å². The molecule has 0 amide bonds. The van der Waals surface area contributed by atoms with Crippen LogP contribution in [0.15, 0.2) is 12.2 Å². The maximum Gasteiger partial charge on any atom is 0.309 e. The van der Waals surface area contributed by atoms with Crippen LogP contribution in [0.3, 0.4) is 0 Å². The zero-order chi connectivity index (χ0) is 18.5. The number of carbonyl (C=O) groups is 1. The molecule has 4 aliphatic rings. The molecule has 2 heteroatoms. The highest BCUT2D eigenvalue weighted by atomic mass is 16.6. The average molecular weight is 355 g/mol. The summed E-state index contributed by atoms with van der Waals surface area (Å²) in [6.07, 6.45) is 20.5. The van der Waals surface area contributed by atoms with Gasteiger partial charge in [0.2, 0.25) is 0 Å². The topological polar surface area (TPSA) is 26.3 Å². The largest absolute Gasteiger partial charge is 0.445 e. The number of ether oxygens (including phenoxy) is 1. The third-order valence-electron chi connectivity index (χ3n) is 8.63. The second-order valence-corrected chi connectivity index (χ2v) is 9.92. The summed E-state index contributed by atoms with van der Waals surface area (Å²) in [5, 5.41) is 0. The van der Waals surface area contributed by atoms with Gasteiger partial charge < -0.3 is 4.74 Å². The summed E-state index contributed by atoms with van der Waals surface area (Å²) in [6, 6.07) is 0. The van der Waals surface area contributed by atoms with Gasteiger partial charge in [0.15, 0.2) is 5.60 Å². The Morgan fingerprint density at radius 1 is 1.08 bits per heavy atom. The predicted molar refractivity (Wildman–Crippen MR) is 104 cm³/mol. The van der Waals surface area contributed by atoms with Gasteiger partial charge in [0.05, 0.1) is 5.92 Å². The predicted octanol–water partition coefficient (Wildman–Crippen LogP) is 5.38. The first-order chi connectivity index (χ1) is 12.4. The molecule has 1 unspecified atom stereocenters. The number of hydrogen-bond donors (Lipinski definition) is 0. The third kappa shape index (κ3) is 2.49. The summed E-state index contributed by atoms with van der Waals surface area (Å²) in [6.45, 7) is 6.13. The van der Waals surface area contributed by atoms with E-state index < -0.39 is 5.60 Å². The van der Waals surface area contributed by atoms with Gasteiger partial charge >= 0.3 is 5.97 Å². The first kappa shape index (κ1) is 18.1. The van der Waals surface area contributed by atoms with Crippen molar-refractivity contribution < 1.29 is 9.53 Å². The van der Waals surface area contributed by atoms with Crippen LogP contribution in [0.2, 0.25) is 0 Å². The molecule has 0 aliphatic heterocycles. The van der Waals surface area contributed by atoms with E-state index in [1.165, 1.54) is 32.1 Å². The van der Waals surface area contributed by atoms with E-state index >= 15 is 0 Å². The van der Waals surface area contributed by atoms with Crippen molar-refractivity contribution in [3.05, 3.63) is 12.2 Å². The van der Waals surface area contributed by atoms with Crippen LogP contribution >= 0.6 is 0 Å². The summed E-state index contributed by atoms with van der Waals surface area (Å²) < 4.78 is 6.08. The molecular weight excluding hydrogens is 320 g/mol. The van der Waals surface area contributed by atoms with E-state index in [0.717, 1.165) is 42.9 Å². The van der Waals surface area contributed by atoms with Crippen LogP contribution in [0.25, 0.3) is 0 Å². The van der Waals surface area contributed by atoms with Crippen LogP contribution in [0.1, 0.15) is 72.1 Å². The first-order valence-electron chi connectivity index (χ1n) is 10.8. The lowest BCUT2D eigenvalue weighted by atomic mass is 9.49. The van der Waals surface area contributed by atoms with Crippen LogP contribution < -0.4 is 0 Å². The summed E-state index contributed by atoms with van der Waals surface area (Å²) >= 11 is 0. The van der Waals surface area contributed by atoms with E-state index in [1.54, 1.807) is 0 Å². The lowest BCUT2D eigenvalue weighted by molar-refractivity contribution is -0.175. The molecule has 0 bridgehead atoms. The van der Waals surface area contributed by atoms with Gasteiger partial charge in [0, 0.05) is 5.41 Å². The van der Waals surface area contributed by atoms with Gasteiger partial charge in [-0.05, 0) is 81.0 Å². The van der Waals surface area contributed by atoms with Gasteiger partial charge in [-0.25, -0.2) is 0 Å². The van der Waals surface area contributed by atoms with Crippen LogP contribution in [0, 0.1) is 53.3 Å². The number of terminal acetylenes is 1. The van der Waals surface area contributed by atoms with Crippen molar-refractivity contribution >= 4 is 5.97 Å². The highest BCUT2D eigenvalue weighted by molar-refractivity contribution is 5.72. The lowest BCUT2D eigenvalue weighted by Gasteiger charge is -2.56. The number of carbonyl (C=O) groups excluding carboxylic acids is 1. The molecule has 4 aliphatic carbocycles. The summed E-state index contributed by atoms with van der Waals surface area (Å²) in [5.41, 5.74) is -0.738. The molecule has 0 heterocycles. The Bertz CT molecular complexity index is 641. The minimum Gasteiger partial charge on any atom is -0.445 e. The fraction of sp³-hybridized carbons (Fsp3) is 0.792. The van der Waals surface area contributed by atoms with Crippen LogP contribution in [0.5, 0.6) is 0 Å². The minimum atomic E-state index is -0.687. The lowest BCUT2D eigenvalue weighted by Crippen LogP contribution is -2.54. The van der Waals surface area contributed by atoms with Crippen molar-refractivity contribution in [2.75, 3.05) is 0 Å². The Balaban J connectivity index is 1.61. The van der Waals surface area contributed by atoms with Crippen molar-refractivity contribution in [1.29, 1.82) is 0 Å². The zero-order valence-electron chi connectivity index (χ0n) is 16.7. The molecule has 0 spiro atoms. The smallest absolute Gasteiger partial charge is 0.309 e. The van der Waals surface area contributed by atoms with E-state index in [1.807, 2.05) is 13.8 Å². The Labute approximate surface area is 159 Å². The number of rotatable bonds is 2. The molecule has 0 aromatic heterocycles. The molecule has 3 saturated carbocycles. The molecule has 0 aromatic carbocycles. The highest BCUT2D eigenvalue weighted by Crippen LogP contribution is 2.65. The van der Waals surface area contributed by atoms with Gasteiger partial charge in [-0.15, -0.1) is 6.42 Å². The molecule has 0 radical (unpaired) electrons. The molecule has 7 atom stereocenters. The molecule has 3 fully saturated rings. The van der Waals surface area contributed by atoms with Gasteiger partial charge in [-0.3, -0.25) is 4.79 Å². The number of esters is 1. The van der Waals surface area contributed by atoms with Crippen molar-refractivity contribution in [1.82, 2.24) is 0 Å². The molecule has 0 aromatic rings. The van der Waals surface area contributed by atoms with E-state index in [0.29, 0.717) is 5.92 Å². The van der Waals surface area contributed by atoms with Crippen molar-refractivity contribution in [3.63, 3.8) is 0 Å². The standard InChI is InChI=1S/C24H34O2/c1-5-24(26-22(25)16(2)3)15-13-21-20-11-10-17-8-6-7-9-18(17)19(20)12-14-23(21,24)4/h1,6-7,16-21H,8-15H2,2-4H3/t17?,18-,19+,20+,21-,23-,24-/m0/s1. The Hall–Kier alpha value is -1.23. The quantitative estimate of drug-likeness (QED) is 0.378. The first-order valence-corrected chi connectivity index (χ1v) is 10.8. The molecule has 2 nitrogen and oxygen atoms in total. The molecule has 26 heavy (non-hydrogen) atoms.